The molecule has 0 spiro atoms. The summed E-state index contributed by atoms with van der Waals surface area (Å²) >= 11 is 6.13. The second-order valence-electron chi connectivity index (χ2n) is 8.20. The van der Waals surface area contributed by atoms with Gasteiger partial charge in [0.1, 0.15) is 0 Å². The van der Waals surface area contributed by atoms with Crippen molar-refractivity contribution in [2.75, 3.05) is 42.1 Å². The van der Waals surface area contributed by atoms with Crippen LogP contribution in [0.3, 0.4) is 0 Å². The van der Waals surface area contributed by atoms with Gasteiger partial charge in [-0.05, 0) is 61.0 Å². The van der Waals surface area contributed by atoms with Gasteiger partial charge in [0.2, 0.25) is 0 Å². The Morgan fingerprint density at radius 3 is 1.91 bits per heavy atom. The fourth-order valence-corrected chi connectivity index (χ4v) is 3.86. The Balaban J connectivity index is 1.26. The van der Waals surface area contributed by atoms with Crippen molar-refractivity contribution < 1.29 is 14.4 Å². The monoisotopic (exact) mass is 491 g/mol. The van der Waals surface area contributed by atoms with Gasteiger partial charge in [-0.3, -0.25) is 4.79 Å². The lowest BCUT2D eigenvalue weighted by Gasteiger charge is -2.34. The summed E-state index contributed by atoms with van der Waals surface area (Å²) in [6.07, 6.45) is 0. The van der Waals surface area contributed by atoms with Crippen LogP contribution in [0.5, 0.6) is 0 Å². The van der Waals surface area contributed by atoms with Crippen molar-refractivity contribution in [2.24, 2.45) is 0 Å². The van der Waals surface area contributed by atoms with E-state index in [0.29, 0.717) is 53.8 Å². The molecule has 1 saturated heterocycles. The lowest BCUT2D eigenvalue weighted by molar-refractivity contribution is 0.0671. The normalized spacial score (nSPS) is 13.2. The maximum absolute atomic E-state index is 12.9. The number of nitrogens with one attached hydrogen (secondary N) is 3. The summed E-state index contributed by atoms with van der Waals surface area (Å²) in [5, 5.41) is 8.94. The van der Waals surface area contributed by atoms with E-state index in [1.54, 1.807) is 52.3 Å². The van der Waals surface area contributed by atoms with E-state index >= 15 is 0 Å². The molecule has 180 valence electrons. The van der Waals surface area contributed by atoms with Crippen LogP contribution in [0.2, 0.25) is 5.02 Å². The third-order valence-corrected chi connectivity index (χ3v) is 6.11. The van der Waals surface area contributed by atoms with E-state index in [1.807, 2.05) is 37.3 Å². The maximum Gasteiger partial charge on any atom is 0.323 e. The molecule has 3 aromatic carbocycles. The predicted octanol–water partition coefficient (Wildman–Crippen LogP) is 5.28. The number of benzene rings is 3. The van der Waals surface area contributed by atoms with Crippen molar-refractivity contribution in [3.05, 3.63) is 88.9 Å². The summed E-state index contributed by atoms with van der Waals surface area (Å²) in [5.74, 6) is -0.115. The van der Waals surface area contributed by atoms with Crippen LogP contribution in [0.4, 0.5) is 26.7 Å². The lowest BCUT2D eigenvalue weighted by atomic mass is 10.1. The molecule has 0 saturated carbocycles. The Hall–Kier alpha value is -4.04. The average Bonchev–Trinajstić information content (AvgIpc) is 2.87. The van der Waals surface area contributed by atoms with Crippen LogP contribution >= 0.6 is 11.6 Å². The minimum Gasteiger partial charge on any atom is -0.335 e. The number of amides is 5. The number of rotatable bonds is 4. The van der Waals surface area contributed by atoms with E-state index in [0.717, 1.165) is 5.56 Å². The number of carbonyl (C=O) groups excluding carboxylic acids is 3. The van der Waals surface area contributed by atoms with Crippen LogP contribution in [0, 0.1) is 6.92 Å². The number of piperazine rings is 1. The number of nitrogens with zero attached hydrogens (tertiary/aromatic N) is 2. The first-order valence-electron chi connectivity index (χ1n) is 11.2. The van der Waals surface area contributed by atoms with Gasteiger partial charge in [0.15, 0.2) is 0 Å². The van der Waals surface area contributed by atoms with E-state index < -0.39 is 0 Å². The molecule has 9 heteroatoms. The van der Waals surface area contributed by atoms with Crippen molar-refractivity contribution in [2.45, 2.75) is 6.92 Å². The van der Waals surface area contributed by atoms with Crippen LogP contribution in [0.1, 0.15) is 15.9 Å². The molecule has 1 fully saturated rings. The van der Waals surface area contributed by atoms with Crippen LogP contribution in [-0.4, -0.2) is 53.9 Å². The Morgan fingerprint density at radius 2 is 1.29 bits per heavy atom. The van der Waals surface area contributed by atoms with Gasteiger partial charge in [-0.2, -0.15) is 0 Å². The standard InChI is InChI=1S/C26H26ClN5O3/c1-18-7-10-22(17-23(18)27)30-26(35)32-15-13-31(14-16-32)24(33)19-8-11-21(12-9-19)29-25(34)28-20-5-3-2-4-6-20/h2-12,17H,13-16H2,1H3,(H,30,35)(H2,28,29,34). The summed E-state index contributed by atoms with van der Waals surface area (Å²) in [6, 6.07) is 20.7. The van der Waals surface area contributed by atoms with Gasteiger partial charge >= 0.3 is 12.1 Å². The molecule has 3 aromatic rings. The number of para-hydroxylation sites is 1. The number of hydrogen-bond acceptors (Lipinski definition) is 3. The molecule has 1 aliphatic rings. The molecular formula is C26H26ClN5O3. The third-order valence-electron chi connectivity index (χ3n) is 5.70. The molecule has 0 bridgehead atoms. The highest BCUT2D eigenvalue weighted by molar-refractivity contribution is 6.31. The number of urea groups is 2. The van der Waals surface area contributed by atoms with Gasteiger partial charge in [-0.25, -0.2) is 9.59 Å². The van der Waals surface area contributed by atoms with Crippen molar-refractivity contribution in [3.63, 3.8) is 0 Å². The Kier molecular flexibility index (Phi) is 7.52. The summed E-state index contributed by atoms with van der Waals surface area (Å²) < 4.78 is 0. The minimum absolute atomic E-state index is 0.115. The molecule has 8 nitrogen and oxygen atoms in total. The molecule has 0 atom stereocenters. The van der Waals surface area contributed by atoms with Crippen molar-refractivity contribution in [1.29, 1.82) is 0 Å². The van der Waals surface area contributed by atoms with Gasteiger partial charge in [-0.15, -0.1) is 0 Å². The smallest absolute Gasteiger partial charge is 0.323 e. The minimum atomic E-state index is -0.363. The van der Waals surface area contributed by atoms with Gasteiger partial charge in [0.25, 0.3) is 5.91 Å². The van der Waals surface area contributed by atoms with E-state index in [9.17, 15) is 14.4 Å². The van der Waals surface area contributed by atoms with Crippen molar-refractivity contribution in [1.82, 2.24) is 9.80 Å². The molecule has 1 heterocycles. The number of hydrogen-bond donors (Lipinski definition) is 3. The van der Waals surface area contributed by atoms with Gasteiger partial charge in [0, 0.05) is 53.8 Å². The van der Waals surface area contributed by atoms with Gasteiger partial charge in [0.05, 0.1) is 0 Å². The largest absolute Gasteiger partial charge is 0.335 e. The van der Waals surface area contributed by atoms with Crippen molar-refractivity contribution >= 4 is 46.6 Å². The Labute approximate surface area is 208 Å². The quantitative estimate of drug-likeness (QED) is 0.463. The van der Waals surface area contributed by atoms with Crippen LogP contribution in [-0.2, 0) is 0 Å². The van der Waals surface area contributed by atoms with Crippen LogP contribution in [0.25, 0.3) is 0 Å². The molecule has 4 rings (SSSR count). The first-order chi connectivity index (χ1) is 16.9. The molecule has 35 heavy (non-hydrogen) atoms. The molecule has 0 radical (unpaired) electrons. The predicted molar refractivity (Wildman–Crippen MR) is 138 cm³/mol. The highest BCUT2D eigenvalue weighted by Crippen LogP contribution is 2.21. The number of halogens is 1. The summed E-state index contributed by atoms with van der Waals surface area (Å²) in [6.45, 7) is 3.62. The van der Waals surface area contributed by atoms with Gasteiger partial charge < -0.3 is 25.8 Å². The number of carbonyl (C=O) groups is 3. The second-order valence-corrected chi connectivity index (χ2v) is 8.60. The summed E-state index contributed by atoms with van der Waals surface area (Å²) in [7, 11) is 0. The summed E-state index contributed by atoms with van der Waals surface area (Å²) in [5.41, 5.74) is 3.36. The highest BCUT2D eigenvalue weighted by Gasteiger charge is 2.25. The zero-order chi connectivity index (χ0) is 24.8. The zero-order valence-corrected chi connectivity index (χ0v) is 20.0. The van der Waals surface area contributed by atoms with Crippen molar-refractivity contribution in [3.8, 4) is 0 Å². The lowest BCUT2D eigenvalue weighted by Crippen LogP contribution is -2.51. The molecule has 5 amide bonds. The topological polar surface area (TPSA) is 93.8 Å². The number of aryl methyl sites for hydroxylation is 1. The molecule has 0 aromatic heterocycles. The van der Waals surface area contributed by atoms with Gasteiger partial charge in [-0.1, -0.05) is 35.9 Å². The fraction of sp³-hybridized carbons (Fsp3) is 0.192. The Morgan fingerprint density at radius 1 is 0.714 bits per heavy atom. The molecule has 1 aliphatic heterocycles. The molecular weight excluding hydrogens is 466 g/mol. The average molecular weight is 492 g/mol. The van der Waals surface area contributed by atoms with E-state index in [2.05, 4.69) is 16.0 Å². The highest BCUT2D eigenvalue weighted by atomic mass is 35.5. The molecule has 3 N–H and O–H groups in total. The Bertz CT molecular complexity index is 1210. The molecule has 0 unspecified atom stereocenters. The van der Waals surface area contributed by atoms with E-state index in [1.165, 1.54) is 0 Å². The molecule has 0 aliphatic carbocycles. The first kappa shape index (κ1) is 24.1. The van der Waals surface area contributed by atoms with E-state index in [-0.39, 0.29) is 18.0 Å². The zero-order valence-electron chi connectivity index (χ0n) is 19.3. The second kappa shape index (κ2) is 10.9. The number of anilines is 3. The first-order valence-corrected chi connectivity index (χ1v) is 11.6. The SMILES string of the molecule is Cc1ccc(NC(=O)N2CCN(C(=O)c3ccc(NC(=O)Nc4ccccc4)cc3)CC2)cc1Cl. The maximum atomic E-state index is 12.9. The fourth-order valence-electron chi connectivity index (χ4n) is 3.68. The van der Waals surface area contributed by atoms with Crippen LogP contribution in [0.15, 0.2) is 72.8 Å². The van der Waals surface area contributed by atoms with E-state index in [4.69, 9.17) is 11.6 Å². The van der Waals surface area contributed by atoms with Crippen LogP contribution < -0.4 is 16.0 Å². The third kappa shape index (κ3) is 6.30. The summed E-state index contributed by atoms with van der Waals surface area (Å²) in [4.78, 5) is 41.0.